The first-order valence-corrected chi connectivity index (χ1v) is 5.93. The van der Waals surface area contributed by atoms with Crippen LogP contribution >= 0.6 is 0 Å². The summed E-state index contributed by atoms with van der Waals surface area (Å²) in [5, 5.41) is 9.40. The molecule has 0 bridgehead atoms. The van der Waals surface area contributed by atoms with Gasteiger partial charge in [0.05, 0.1) is 24.0 Å². The van der Waals surface area contributed by atoms with Crippen molar-refractivity contribution >= 4 is 11.6 Å². The Labute approximate surface area is 110 Å². The largest absolute Gasteiger partial charge is 0.506 e. The standard InChI is InChI=1S/C14H12N2O3/c17-11-7-10(8-15-9-11)14(18)16-5-6-19-13-4-2-1-3-12(13)16/h1-4,7-9,17H,5-6H2. The van der Waals surface area contributed by atoms with Gasteiger partial charge < -0.3 is 14.7 Å². The van der Waals surface area contributed by atoms with Gasteiger partial charge in [0.1, 0.15) is 18.1 Å². The lowest BCUT2D eigenvalue weighted by Gasteiger charge is -2.29. The van der Waals surface area contributed by atoms with E-state index in [1.807, 2.05) is 24.3 Å². The van der Waals surface area contributed by atoms with Crippen LogP contribution in [0, 0.1) is 0 Å². The Morgan fingerprint density at radius 3 is 3.00 bits per heavy atom. The summed E-state index contributed by atoms with van der Waals surface area (Å²) in [5.41, 5.74) is 1.10. The van der Waals surface area contributed by atoms with Crippen LogP contribution in [-0.4, -0.2) is 29.1 Å². The molecule has 5 nitrogen and oxygen atoms in total. The van der Waals surface area contributed by atoms with Crippen LogP contribution in [0.15, 0.2) is 42.7 Å². The fraction of sp³-hybridized carbons (Fsp3) is 0.143. The van der Waals surface area contributed by atoms with E-state index in [0.29, 0.717) is 24.5 Å². The highest BCUT2D eigenvalue weighted by Crippen LogP contribution is 2.32. The lowest BCUT2D eigenvalue weighted by molar-refractivity contribution is 0.0976. The summed E-state index contributed by atoms with van der Waals surface area (Å²) in [6.45, 7) is 0.931. The number of hydrogen-bond donors (Lipinski definition) is 1. The van der Waals surface area contributed by atoms with E-state index < -0.39 is 0 Å². The quantitative estimate of drug-likeness (QED) is 0.845. The highest BCUT2D eigenvalue weighted by atomic mass is 16.5. The molecule has 1 aromatic heterocycles. The first-order chi connectivity index (χ1) is 9.25. The maximum Gasteiger partial charge on any atom is 0.260 e. The third kappa shape index (κ3) is 2.10. The number of fused-ring (bicyclic) bond motifs is 1. The van der Waals surface area contributed by atoms with Crippen LogP contribution in [0.25, 0.3) is 0 Å². The van der Waals surface area contributed by atoms with Crippen LogP contribution in [0.2, 0.25) is 0 Å². The van der Waals surface area contributed by atoms with Crippen molar-refractivity contribution in [1.29, 1.82) is 0 Å². The third-order valence-electron chi connectivity index (χ3n) is 2.94. The minimum absolute atomic E-state index is 0.0209. The van der Waals surface area contributed by atoms with Crippen molar-refractivity contribution < 1.29 is 14.6 Å². The van der Waals surface area contributed by atoms with E-state index in [-0.39, 0.29) is 11.7 Å². The summed E-state index contributed by atoms with van der Waals surface area (Å²) in [5.74, 6) is 0.474. The summed E-state index contributed by atoms with van der Waals surface area (Å²) in [4.78, 5) is 17.9. The molecule has 0 spiro atoms. The molecule has 96 valence electrons. The van der Waals surface area contributed by atoms with Crippen molar-refractivity contribution in [2.45, 2.75) is 0 Å². The normalized spacial score (nSPS) is 13.6. The van der Waals surface area contributed by atoms with Crippen molar-refractivity contribution in [3.8, 4) is 11.5 Å². The zero-order valence-electron chi connectivity index (χ0n) is 10.1. The number of amides is 1. The number of benzene rings is 1. The second kappa shape index (κ2) is 4.61. The van der Waals surface area contributed by atoms with Gasteiger partial charge in [-0.05, 0) is 18.2 Å². The second-order valence-corrected chi connectivity index (χ2v) is 4.20. The average molecular weight is 256 g/mol. The summed E-state index contributed by atoms with van der Waals surface area (Å²) in [7, 11) is 0. The van der Waals surface area contributed by atoms with Gasteiger partial charge in [-0.15, -0.1) is 0 Å². The summed E-state index contributed by atoms with van der Waals surface area (Å²) >= 11 is 0. The molecule has 2 heterocycles. The Morgan fingerprint density at radius 1 is 1.32 bits per heavy atom. The number of rotatable bonds is 1. The minimum Gasteiger partial charge on any atom is -0.506 e. The Morgan fingerprint density at radius 2 is 2.16 bits per heavy atom. The van der Waals surface area contributed by atoms with Gasteiger partial charge >= 0.3 is 0 Å². The number of pyridine rings is 1. The highest BCUT2D eigenvalue weighted by Gasteiger charge is 2.24. The number of aromatic hydroxyl groups is 1. The van der Waals surface area contributed by atoms with Crippen LogP contribution in [0.3, 0.4) is 0 Å². The maximum absolute atomic E-state index is 12.4. The van der Waals surface area contributed by atoms with Crippen LogP contribution in [0.4, 0.5) is 5.69 Å². The third-order valence-corrected chi connectivity index (χ3v) is 2.94. The van der Waals surface area contributed by atoms with Crippen LogP contribution < -0.4 is 9.64 Å². The number of hydrogen-bond acceptors (Lipinski definition) is 4. The van der Waals surface area contributed by atoms with E-state index in [0.717, 1.165) is 5.69 Å². The molecule has 0 fully saturated rings. The average Bonchev–Trinajstić information content (AvgIpc) is 2.46. The number of ether oxygens (including phenoxy) is 1. The molecule has 1 amide bonds. The van der Waals surface area contributed by atoms with Gasteiger partial charge in [-0.25, -0.2) is 0 Å². The fourth-order valence-electron chi connectivity index (χ4n) is 2.08. The monoisotopic (exact) mass is 256 g/mol. The first-order valence-electron chi connectivity index (χ1n) is 5.93. The lowest BCUT2D eigenvalue weighted by Crippen LogP contribution is -2.37. The van der Waals surface area contributed by atoms with E-state index in [9.17, 15) is 9.90 Å². The van der Waals surface area contributed by atoms with Crippen LogP contribution in [-0.2, 0) is 0 Å². The summed E-state index contributed by atoms with van der Waals surface area (Å²) in [6, 6.07) is 8.79. The number of carbonyl (C=O) groups excluding carboxylic acids is 1. The van der Waals surface area contributed by atoms with E-state index in [1.165, 1.54) is 18.5 Å². The van der Waals surface area contributed by atoms with Gasteiger partial charge in [-0.3, -0.25) is 9.78 Å². The number of carbonyl (C=O) groups is 1. The molecule has 1 aromatic carbocycles. The van der Waals surface area contributed by atoms with Crippen molar-refractivity contribution in [3.63, 3.8) is 0 Å². The van der Waals surface area contributed by atoms with E-state index in [1.54, 1.807) is 4.90 Å². The molecule has 0 radical (unpaired) electrons. The molecule has 1 N–H and O–H groups in total. The number of nitrogens with zero attached hydrogens (tertiary/aromatic N) is 2. The Kier molecular flexibility index (Phi) is 2.79. The molecular weight excluding hydrogens is 244 g/mol. The smallest absolute Gasteiger partial charge is 0.260 e. The number of para-hydroxylation sites is 2. The predicted molar refractivity (Wildman–Crippen MR) is 69.5 cm³/mol. The van der Waals surface area contributed by atoms with E-state index >= 15 is 0 Å². The Bertz CT molecular complexity index is 628. The molecule has 5 heteroatoms. The molecule has 1 aliphatic rings. The zero-order valence-corrected chi connectivity index (χ0v) is 10.1. The van der Waals surface area contributed by atoms with E-state index in [4.69, 9.17) is 4.74 Å². The van der Waals surface area contributed by atoms with Gasteiger partial charge in [0.15, 0.2) is 0 Å². The lowest BCUT2D eigenvalue weighted by atomic mass is 10.2. The van der Waals surface area contributed by atoms with Gasteiger partial charge in [0.25, 0.3) is 5.91 Å². The topological polar surface area (TPSA) is 62.7 Å². The SMILES string of the molecule is O=C(c1cncc(O)c1)N1CCOc2ccccc21. The molecule has 19 heavy (non-hydrogen) atoms. The second-order valence-electron chi connectivity index (χ2n) is 4.20. The van der Waals surface area contributed by atoms with E-state index in [2.05, 4.69) is 4.98 Å². The van der Waals surface area contributed by atoms with Gasteiger partial charge in [0, 0.05) is 6.20 Å². The summed E-state index contributed by atoms with van der Waals surface area (Å²) in [6.07, 6.45) is 2.74. The van der Waals surface area contributed by atoms with Crippen molar-refractivity contribution in [2.75, 3.05) is 18.1 Å². The molecule has 0 saturated heterocycles. The van der Waals surface area contributed by atoms with Gasteiger partial charge in [-0.2, -0.15) is 0 Å². The zero-order chi connectivity index (χ0) is 13.2. The van der Waals surface area contributed by atoms with Gasteiger partial charge in [-0.1, -0.05) is 12.1 Å². The highest BCUT2D eigenvalue weighted by molar-refractivity contribution is 6.07. The van der Waals surface area contributed by atoms with Crippen LogP contribution in [0.5, 0.6) is 11.5 Å². The Hall–Kier alpha value is -2.56. The number of anilines is 1. The van der Waals surface area contributed by atoms with Crippen molar-refractivity contribution in [2.24, 2.45) is 0 Å². The van der Waals surface area contributed by atoms with Gasteiger partial charge in [0.2, 0.25) is 0 Å². The molecule has 0 saturated carbocycles. The maximum atomic E-state index is 12.4. The molecular formula is C14H12N2O3. The molecule has 2 aromatic rings. The Balaban J connectivity index is 1.98. The summed E-state index contributed by atoms with van der Waals surface area (Å²) < 4.78 is 5.50. The fourth-order valence-corrected chi connectivity index (χ4v) is 2.08. The molecule has 0 atom stereocenters. The molecule has 1 aliphatic heterocycles. The number of aromatic nitrogens is 1. The molecule has 0 unspecified atom stereocenters. The predicted octanol–water partition coefficient (Wildman–Crippen LogP) is 1.83. The van der Waals surface area contributed by atoms with Crippen molar-refractivity contribution in [3.05, 3.63) is 48.3 Å². The van der Waals surface area contributed by atoms with Crippen LogP contribution in [0.1, 0.15) is 10.4 Å². The minimum atomic E-state index is -0.195. The molecule has 0 aliphatic carbocycles. The first kappa shape index (κ1) is 11.5. The molecule has 3 rings (SSSR count). The van der Waals surface area contributed by atoms with Crippen molar-refractivity contribution in [1.82, 2.24) is 4.98 Å².